The first-order valence-corrected chi connectivity index (χ1v) is 7.54. The van der Waals surface area contributed by atoms with Crippen LogP contribution in [0.15, 0.2) is 48.5 Å². The minimum atomic E-state index is 0. The molecule has 0 heterocycles. The first-order valence-electron chi connectivity index (χ1n) is 6.64. The van der Waals surface area contributed by atoms with Gasteiger partial charge in [-0.25, -0.2) is 0 Å². The minimum absolute atomic E-state index is 0. The molecule has 2 aromatic rings. The Morgan fingerprint density at radius 3 is 2.24 bits per heavy atom. The summed E-state index contributed by atoms with van der Waals surface area (Å²) in [4.78, 5) is 12.3. The number of benzene rings is 2. The summed E-state index contributed by atoms with van der Waals surface area (Å²) in [6.45, 7) is 5.95. The molecule has 0 saturated heterocycles. The van der Waals surface area contributed by atoms with Gasteiger partial charge in [0.2, 0.25) is 0 Å². The summed E-state index contributed by atoms with van der Waals surface area (Å²) in [5.41, 5.74) is 1.93. The molecular weight excluding hydrogens is 274 g/mol. The summed E-state index contributed by atoms with van der Waals surface area (Å²) in [5, 5.41) is 0.981. The molecule has 4 heteroatoms. The predicted molar refractivity (Wildman–Crippen MR) is 84.3 cm³/mol. The van der Waals surface area contributed by atoms with Crippen LogP contribution in [0.1, 0.15) is 29.8 Å². The molecule has 0 spiro atoms. The van der Waals surface area contributed by atoms with Gasteiger partial charge in [0.1, 0.15) is 5.75 Å². The topological polar surface area (TPSA) is 26.3 Å². The van der Waals surface area contributed by atoms with Crippen LogP contribution in [0.4, 0.5) is 0 Å². The van der Waals surface area contributed by atoms with Crippen molar-refractivity contribution in [3.05, 3.63) is 59.7 Å². The van der Waals surface area contributed by atoms with Crippen LogP contribution in [0.25, 0.3) is 0 Å². The third-order valence-electron chi connectivity index (χ3n) is 2.81. The molecule has 0 atom stereocenters. The molecule has 0 saturated carbocycles. The van der Waals surface area contributed by atoms with Gasteiger partial charge in [-0.2, -0.15) is 5.30 Å². The second kappa shape index (κ2) is 8.40. The Labute approximate surface area is 140 Å². The molecular formula is C17H18LiO2P. The van der Waals surface area contributed by atoms with E-state index in [2.05, 4.69) is 0 Å². The molecule has 0 bridgehead atoms. The molecule has 2 rings (SSSR count). The normalized spacial score (nSPS) is 10.7. The van der Waals surface area contributed by atoms with Gasteiger partial charge >= 0.3 is 18.9 Å². The third-order valence-corrected chi connectivity index (χ3v) is 3.81. The van der Waals surface area contributed by atoms with E-state index in [9.17, 15) is 4.79 Å². The van der Waals surface area contributed by atoms with Crippen molar-refractivity contribution in [3.63, 3.8) is 0 Å². The first kappa shape index (κ1) is 18.0. The molecule has 0 aliphatic rings. The van der Waals surface area contributed by atoms with Gasteiger partial charge in [0.05, 0.1) is 6.10 Å². The molecule has 21 heavy (non-hydrogen) atoms. The summed E-state index contributed by atoms with van der Waals surface area (Å²) < 4.78 is 5.59. The fourth-order valence-corrected chi connectivity index (χ4v) is 2.77. The smallest absolute Gasteiger partial charge is 0.491 e. The summed E-state index contributed by atoms with van der Waals surface area (Å²) in [7, 11) is 0.697. The van der Waals surface area contributed by atoms with E-state index in [0.29, 0.717) is 8.58 Å². The zero-order chi connectivity index (χ0) is 14.5. The maximum atomic E-state index is 12.3. The van der Waals surface area contributed by atoms with Crippen molar-refractivity contribution in [2.75, 3.05) is 0 Å². The Kier molecular flexibility index (Phi) is 7.19. The second-order valence-electron chi connectivity index (χ2n) is 4.89. The van der Waals surface area contributed by atoms with Crippen LogP contribution in [0.2, 0.25) is 0 Å². The Morgan fingerprint density at radius 2 is 1.67 bits per heavy atom. The predicted octanol–water partition coefficient (Wildman–Crippen LogP) is 1.20. The molecule has 104 valence electrons. The summed E-state index contributed by atoms with van der Waals surface area (Å²) >= 11 is 0. The van der Waals surface area contributed by atoms with Crippen molar-refractivity contribution in [3.8, 4) is 5.75 Å². The van der Waals surface area contributed by atoms with Crippen LogP contribution in [0, 0.1) is 6.92 Å². The summed E-state index contributed by atoms with van der Waals surface area (Å²) in [5.74, 6) is 0.835. The minimum Gasteiger partial charge on any atom is -0.491 e. The summed E-state index contributed by atoms with van der Waals surface area (Å²) in [6.07, 6.45) is 0.159. The number of aryl methyl sites for hydroxylation is 1. The molecule has 0 aliphatic heterocycles. The monoisotopic (exact) mass is 292 g/mol. The fraction of sp³-hybridized carbons (Fsp3) is 0.235. The van der Waals surface area contributed by atoms with Crippen molar-refractivity contribution in [2.45, 2.75) is 26.9 Å². The van der Waals surface area contributed by atoms with E-state index >= 15 is 0 Å². The van der Waals surface area contributed by atoms with Crippen LogP contribution >= 0.6 is 8.58 Å². The Bertz CT molecular complexity index is 594. The number of hydrogen-bond donors (Lipinski definition) is 0. The average molecular weight is 292 g/mol. The quantitative estimate of drug-likeness (QED) is 0.611. The SMILES string of the molecule is Cc1ccccc1C(=O)[P-]c1ccc(OC(C)C)cc1.[Li+]. The van der Waals surface area contributed by atoms with E-state index in [-0.39, 0.29) is 30.5 Å². The third kappa shape index (κ3) is 5.33. The fourth-order valence-electron chi connectivity index (χ4n) is 1.86. The van der Waals surface area contributed by atoms with Gasteiger partial charge < -0.3 is 18.1 Å². The standard InChI is InChI=1S/C17H18O2P.Li/c1-12(2)19-14-8-10-15(11-9-14)20-17(18)16-7-5-4-6-13(16)3;/h4-12H,1-3H3;/q-1;+1. The largest absolute Gasteiger partial charge is 1.00 e. The van der Waals surface area contributed by atoms with Crippen LogP contribution in [0.3, 0.4) is 0 Å². The molecule has 0 aliphatic carbocycles. The second-order valence-corrected chi connectivity index (χ2v) is 6.04. The molecule has 0 aromatic heterocycles. The van der Waals surface area contributed by atoms with Crippen molar-refractivity contribution < 1.29 is 28.4 Å². The molecule has 0 fully saturated rings. The van der Waals surface area contributed by atoms with Gasteiger partial charge in [0, 0.05) is 5.52 Å². The number of rotatable bonds is 5. The Balaban J connectivity index is 0.00000220. The van der Waals surface area contributed by atoms with Gasteiger partial charge in [0.25, 0.3) is 0 Å². The number of carbonyl (C=O) groups excluding carboxylic acids is 1. The van der Waals surface area contributed by atoms with E-state index < -0.39 is 0 Å². The van der Waals surface area contributed by atoms with Crippen molar-refractivity contribution >= 4 is 19.4 Å². The maximum absolute atomic E-state index is 12.3. The van der Waals surface area contributed by atoms with E-state index in [0.717, 1.165) is 22.2 Å². The van der Waals surface area contributed by atoms with Crippen molar-refractivity contribution in [1.29, 1.82) is 0 Å². The van der Waals surface area contributed by atoms with Crippen LogP contribution in [-0.4, -0.2) is 11.6 Å². The van der Waals surface area contributed by atoms with Crippen molar-refractivity contribution in [2.24, 2.45) is 0 Å². The van der Waals surface area contributed by atoms with Gasteiger partial charge in [-0.15, -0.1) is 0 Å². The van der Waals surface area contributed by atoms with Gasteiger partial charge in [-0.3, -0.25) is 0 Å². The molecule has 2 aromatic carbocycles. The van der Waals surface area contributed by atoms with Crippen LogP contribution in [0.5, 0.6) is 5.75 Å². The summed E-state index contributed by atoms with van der Waals surface area (Å²) in [6, 6.07) is 15.4. The van der Waals surface area contributed by atoms with E-state index in [1.807, 2.05) is 69.3 Å². The van der Waals surface area contributed by atoms with Gasteiger partial charge in [-0.05, 0) is 44.0 Å². The van der Waals surface area contributed by atoms with E-state index in [4.69, 9.17) is 4.74 Å². The number of hydrogen-bond acceptors (Lipinski definition) is 2. The van der Waals surface area contributed by atoms with Crippen molar-refractivity contribution in [1.82, 2.24) is 0 Å². The van der Waals surface area contributed by atoms with Gasteiger partial charge in [-0.1, -0.05) is 36.4 Å². The zero-order valence-electron chi connectivity index (χ0n) is 13.0. The van der Waals surface area contributed by atoms with Gasteiger partial charge in [0.15, 0.2) is 0 Å². The number of carbonyl (C=O) groups is 1. The average Bonchev–Trinajstić information content (AvgIpc) is 2.41. The zero-order valence-corrected chi connectivity index (χ0v) is 13.9. The number of ether oxygens (including phenoxy) is 1. The maximum Gasteiger partial charge on any atom is 1.00 e. The van der Waals surface area contributed by atoms with Crippen LogP contribution in [-0.2, 0) is 0 Å². The molecule has 0 amide bonds. The molecule has 0 radical (unpaired) electrons. The van der Waals surface area contributed by atoms with E-state index in [1.165, 1.54) is 0 Å². The Hall–Kier alpha value is -1.06. The first-order chi connectivity index (χ1) is 9.56. The molecule has 0 unspecified atom stereocenters. The van der Waals surface area contributed by atoms with E-state index in [1.54, 1.807) is 0 Å². The van der Waals surface area contributed by atoms with Crippen LogP contribution < -0.4 is 28.9 Å². The molecule has 0 N–H and O–H groups in total. The Morgan fingerprint density at radius 1 is 1.05 bits per heavy atom. The molecule has 2 nitrogen and oxygen atoms in total.